The highest BCUT2D eigenvalue weighted by molar-refractivity contribution is 6.07. The fourth-order valence-corrected chi connectivity index (χ4v) is 3.40. The molecule has 1 aliphatic heterocycles. The average molecular weight is 379 g/mol. The Balaban J connectivity index is 1.58. The molecule has 7 heteroatoms. The van der Waals surface area contributed by atoms with Gasteiger partial charge in [0.15, 0.2) is 5.76 Å². The van der Waals surface area contributed by atoms with Crippen LogP contribution in [0, 0.1) is 5.82 Å². The molecule has 4 rings (SSSR count). The molecule has 2 aromatic carbocycles. The number of amides is 3. The van der Waals surface area contributed by atoms with Gasteiger partial charge in [0.1, 0.15) is 17.9 Å². The van der Waals surface area contributed by atoms with E-state index in [2.05, 4.69) is 10.3 Å². The van der Waals surface area contributed by atoms with Crippen molar-refractivity contribution in [2.24, 2.45) is 0 Å². The Bertz CT molecular complexity index is 1020. The van der Waals surface area contributed by atoms with Gasteiger partial charge < -0.3 is 9.73 Å². The summed E-state index contributed by atoms with van der Waals surface area (Å²) in [5.74, 6) is -0.0259. The van der Waals surface area contributed by atoms with Crippen LogP contribution in [0.15, 0.2) is 65.2 Å². The molecule has 142 valence electrons. The summed E-state index contributed by atoms with van der Waals surface area (Å²) in [6.45, 7) is 1.77. The quantitative estimate of drug-likeness (QED) is 0.684. The smallest absolute Gasteiger partial charge is 0.325 e. The van der Waals surface area contributed by atoms with Crippen LogP contribution in [0.2, 0.25) is 0 Å². The molecule has 28 heavy (non-hydrogen) atoms. The van der Waals surface area contributed by atoms with Crippen LogP contribution in [0.5, 0.6) is 0 Å². The second kappa shape index (κ2) is 6.92. The topological polar surface area (TPSA) is 75.4 Å². The van der Waals surface area contributed by atoms with Crippen molar-refractivity contribution < 1.29 is 18.4 Å². The van der Waals surface area contributed by atoms with Crippen LogP contribution >= 0.6 is 0 Å². The van der Waals surface area contributed by atoms with Crippen molar-refractivity contribution in [1.29, 1.82) is 0 Å². The third-order valence-corrected chi connectivity index (χ3v) is 4.95. The molecule has 0 bridgehead atoms. The first kappa shape index (κ1) is 17.9. The van der Waals surface area contributed by atoms with E-state index in [4.69, 9.17) is 4.42 Å². The predicted octanol–water partition coefficient (Wildman–Crippen LogP) is 3.84. The largest absolute Gasteiger partial charge is 0.439 e. The number of carbonyl (C=O) groups excluding carboxylic acids is 2. The number of oxazole rings is 1. The first-order valence-electron chi connectivity index (χ1n) is 8.94. The Labute approximate surface area is 161 Å². The molecular weight excluding hydrogens is 361 g/mol. The molecule has 1 unspecified atom stereocenters. The Kier molecular flexibility index (Phi) is 4.43. The molecule has 0 saturated carbocycles. The van der Waals surface area contributed by atoms with Gasteiger partial charge in [-0.2, -0.15) is 0 Å². The average Bonchev–Trinajstić information content (AvgIpc) is 3.28. The number of urea groups is 1. The summed E-state index contributed by atoms with van der Waals surface area (Å²) in [5, 5.41) is 2.82. The molecule has 0 radical (unpaired) electrons. The third kappa shape index (κ3) is 2.94. The molecule has 1 atom stereocenters. The lowest BCUT2D eigenvalue weighted by Gasteiger charge is -2.25. The summed E-state index contributed by atoms with van der Waals surface area (Å²) in [6.07, 6.45) is 1.91. The first-order chi connectivity index (χ1) is 13.5. The summed E-state index contributed by atoms with van der Waals surface area (Å²) in [7, 11) is 0. The number of hydrogen-bond acceptors (Lipinski definition) is 4. The molecule has 6 nitrogen and oxygen atoms in total. The standard InChI is InChI=1S/C21H18FN3O3/c1-2-21(15-6-4-3-5-7-15)19(26)25(20(27)24-21)13-18-23-12-17(28-18)14-8-10-16(22)11-9-14/h3-12H,2,13H2,1H3,(H,24,27). The number of hydrogen-bond donors (Lipinski definition) is 1. The van der Waals surface area contributed by atoms with Gasteiger partial charge in [0, 0.05) is 5.56 Å². The van der Waals surface area contributed by atoms with Crippen LogP contribution in [-0.4, -0.2) is 21.8 Å². The van der Waals surface area contributed by atoms with Crippen molar-refractivity contribution in [2.75, 3.05) is 0 Å². The van der Waals surface area contributed by atoms with E-state index < -0.39 is 11.6 Å². The van der Waals surface area contributed by atoms with Gasteiger partial charge >= 0.3 is 6.03 Å². The van der Waals surface area contributed by atoms with Gasteiger partial charge in [-0.15, -0.1) is 0 Å². The van der Waals surface area contributed by atoms with Crippen molar-refractivity contribution in [3.8, 4) is 11.3 Å². The summed E-state index contributed by atoms with van der Waals surface area (Å²) in [5.41, 5.74) is 0.298. The van der Waals surface area contributed by atoms with Gasteiger partial charge in [0.25, 0.3) is 5.91 Å². The monoisotopic (exact) mass is 379 g/mol. The zero-order valence-electron chi connectivity index (χ0n) is 15.2. The lowest BCUT2D eigenvalue weighted by atomic mass is 9.87. The number of carbonyl (C=O) groups is 2. The number of rotatable bonds is 5. The highest BCUT2D eigenvalue weighted by atomic mass is 19.1. The molecule has 2 heterocycles. The number of nitrogens with one attached hydrogen (secondary N) is 1. The van der Waals surface area contributed by atoms with E-state index in [-0.39, 0.29) is 24.2 Å². The van der Waals surface area contributed by atoms with Crippen LogP contribution in [0.3, 0.4) is 0 Å². The normalized spacial score (nSPS) is 19.1. The number of nitrogens with zero attached hydrogens (tertiary/aromatic N) is 2. The predicted molar refractivity (Wildman–Crippen MR) is 99.4 cm³/mol. The molecule has 0 spiro atoms. The van der Waals surface area contributed by atoms with E-state index in [9.17, 15) is 14.0 Å². The number of aromatic nitrogens is 1. The summed E-state index contributed by atoms with van der Waals surface area (Å²) in [4.78, 5) is 30.9. The Morgan fingerprint density at radius 1 is 1.11 bits per heavy atom. The van der Waals surface area contributed by atoms with E-state index in [0.29, 0.717) is 17.7 Å². The van der Waals surface area contributed by atoms with Crippen molar-refractivity contribution in [1.82, 2.24) is 15.2 Å². The minimum absolute atomic E-state index is 0.0829. The molecule has 3 aromatic rings. The fourth-order valence-electron chi connectivity index (χ4n) is 3.40. The minimum Gasteiger partial charge on any atom is -0.439 e. The molecule has 1 N–H and O–H groups in total. The van der Waals surface area contributed by atoms with E-state index in [1.165, 1.54) is 18.3 Å². The van der Waals surface area contributed by atoms with Gasteiger partial charge in [-0.05, 0) is 36.2 Å². The maximum atomic E-state index is 13.1. The Morgan fingerprint density at radius 3 is 2.50 bits per heavy atom. The van der Waals surface area contributed by atoms with Gasteiger partial charge in [-0.3, -0.25) is 9.69 Å². The summed E-state index contributed by atoms with van der Waals surface area (Å²) in [6, 6.07) is 14.5. The highest BCUT2D eigenvalue weighted by Crippen LogP contribution is 2.33. The van der Waals surface area contributed by atoms with Crippen LogP contribution in [-0.2, 0) is 16.9 Å². The van der Waals surface area contributed by atoms with Crippen molar-refractivity contribution >= 4 is 11.9 Å². The molecule has 3 amide bonds. The number of halogens is 1. The zero-order chi connectivity index (χ0) is 19.7. The van der Waals surface area contributed by atoms with Crippen LogP contribution in [0.1, 0.15) is 24.8 Å². The maximum Gasteiger partial charge on any atom is 0.325 e. The summed E-state index contributed by atoms with van der Waals surface area (Å²) >= 11 is 0. The van der Waals surface area contributed by atoms with Gasteiger partial charge in [-0.1, -0.05) is 37.3 Å². The van der Waals surface area contributed by atoms with Gasteiger partial charge in [0.05, 0.1) is 6.20 Å². The van der Waals surface area contributed by atoms with E-state index in [1.807, 2.05) is 37.3 Å². The Morgan fingerprint density at radius 2 is 1.82 bits per heavy atom. The zero-order valence-corrected chi connectivity index (χ0v) is 15.2. The van der Waals surface area contributed by atoms with Crippen LogP contribution in [0.25, 0.3) is 11.3 Å². The lowest BCUT2D eigenvalue weighted by molar-refractivity contribution is -0.132. The fraction of sp³-hybridized carbons (Fsp3) is 0.190. The van der Waals surface area contributed by atoms with Crippen molar-refractivity contribution in [3.05, 3.63) is 78.1 Å². The third-order valence-electron chi connectivity index (χ3n) is 4.95. The van der Waals surface area contributed by atoms with Gasteiger partial charge in [0.2, 0.25) is 5.89 Å². The first-order valence-corrected chi connectivity index (χ1v) is 8.94. The van der Waals surface area contributed by atoms with E-state index in [1.54, 1.807) is 12.1 Å². The summed E-state index contributed by atoms with van der Waals surface area (Å²) < 4.78 is 18.7. The van der Waals surface area contributed by atoms with Crippen LogP contribution < -0.4 is 5.32 Å². The molecule has 1 saturated heterocycles. The van der Waals surface area contributed by atoms with E-state index in [0.717, 1.165) is 10.5 Å². The lowest BCUT2D eigenvalue weighted by Crippen LogP contribution is -2.43. The molecule has 1 fully saturated rings. The van der Waals surface area contributed by atoms with Crippen molar-refractivity contribution in [3.63, 3.8) is 0 Å². The number of benzene rings is 2. The van der Waals surface area contributed by atoms with Crippen molar-refractivity contribution in [2.45, 2.75) is 25.4 Å². The van der Waals surface area contributed by atoms with Crippen LogP contribution in [0.4, 0.5) is 9.18 Å². The van der Waals surface area contributed by atoms with E-state index >= 15 is 0 Å². The molecule has 0 aliphatic carbocycles. The molecular formula is C21H18FN3O3. The molecule has 1 aromatic heterocycles. The molecule has 1 aliphatic rings. The number of imide groups is 1. The maximum absolute atomic E-state index is 13.1. The van der Waals surface area contributed by atoms with Gasteiger partial charge in [-0.25, -0.2) is 14.2 Å². The second-order valence-corrected chi connectivity index (χ2v) is 6.57. The second-order valence-electron chi connectivity index (χ2n) is 6.57. The highest BCUT2D eigenvalue weighted by Gasteiger charge is 2.51. The minimum atomic E-state index is -1.09. The Hall–Kier alpha value is -3.48. The SMILES string of the molecule is CCC1(c2ccccc2)NC(=O)N(Cc2ncc(-c3ccc(F)cc3)o2)C1=O.